The van der Waals surface area contributed by atoms with E-state index in [4.69, 9.17) is 14.0 Å². The summed E-state index contributed by atoms with van der Waals surface area (Å²) in [4.78, 5) is 19.0. The fraction of sp³-hybridized carbons (Fsp3) is 0.222. The maximum Gasteiger partial charge on any atom is 0.232 e. The molecule has 0 spiro atoms. The number of carbonyl (C=O) groups excluding carboxylic acids is 1. The first kappa shape index (κ1) is 21.7. The predicted molar refractivity (Wildman–Crippen MR) is 128 cm³/mol. The normalized spacial score (nSPS) is 15.6. The molecule has 1 unspecified atom stereocenters. The summed E-state index contributed by atoms with van der Waals surface area (Å²) < 4.78 is 16.6. The van der Waals surface area contributed by atoms with Crippen molar-refractivity contribution in [3.8, 4) is 28.6 Å². The average Bonchev–Trinajstić information content (AvgIpc) is 3.49. The highest BCUT2D eigenvalue weighted by Crippen LogP contribution is 2.33. The van der Waals surface area contributed by atoms with E-state index in [1.165, 1.54) is 5.56 Å². The molecule has 1 fully saturated rings. The van der Waals surface area contributed by atoms with Gasteiger partial charge >= 0.3 is 0 Å². The number of benzene rings is 3. The van der Waals surface area contributed by atoms with E-state index in [9.17, 15) is 4.79 Å². The Bertz CT molecular complexity index is 1310. The number of anilines is 1. The minimum atomic E-state index is -0.131. The van der Waals surface area contributed by atoms with Crippen LogP contribution in [0.4, 0.5) is 5.69 Å². The molecule has 7 nitrogen and oxygen atoms in total. The number of carbonyl (C=O) groups is 1. The fourth-order valence-corrected chi connectivity index (χ4v) is 3.99. The van der Waals surface area contributed by atoms with Gasteiger partial charge in [0.25, 0.3) is 0 Å². The van der Waals surface area contributed by atoms with Crippen LogP contribution in [0.1, 0.15) is 29.4 Å². The molecular formula is C27H25N3O4. The monoisotopic (exact) mass is 455 g/mol. The third kappa shape index (κ3) is 4.37. The van der Waals surface area contributed by atoms with Crippen LogP contribution in [-0.4, -0.2) is 29.7 Å². The minimum Gasteiger partial charge on any atom is -0.497 e. The van der Waals surface area contributed by atoms with Crippen molar-refractivity contribution in [1.29, 1.82) is 0 Å². The summed E-state index contributed by atoms with van der Waals surface area (Å²) in [7, 11) is 1.63. The molecule has 0 saturated carbocycles. The summed E-state index contributed by atoms with van der Waals surface area (Å²) >= 11 is 0. The summed E-state index contributed by atoms with van der Waals surface area (Å²) in [5.41, 5.74) is 4.08. The van der Waals surface area contributed by atoms with Gasteiger partial charge in [0.1, 0.15) is 17.2 Å². The Morgan fingerprint density at radius 3 is 2.26 bits per heavy atom. The lowest BCUT2D eigenvalue weighted by atomic mass is 10.1. The lowest BCUT2D eigenvalue weighted by molar-refractivity contribution is -0.117. The number of rotatable bonds is 6. The first-order valence-electron chi connectivity index (χ1n) is 11.1. The van der Waals surface area contributed by atoms with Gasteiger partial charge in [0.05, 0.1) is 13.0 Å². The molecule has 0 N–H and O–H groups in total. The van der Waals surface area contributed by atoms with E-state index in [0.717, 1.165) is 28.3 Å². The minimum absolute atomic E-state index is 0.0630. The van der Waals surface area contributed by atoms with Crippen LogP contribution in [0.25, 0.3) is 11.4 Å². The van der Waals surface area contributed by atoms with E-state index in [-0.39, 0.29) is 11.8 Å². The molecular weight excluding hydrogens is 430 g/mol. The molecule has 34 heavy (non-hydrogen) atoms. The van der Waals surface area contributed by atoms with Crippen molar-refractivity contribution in [2.75, 3.05) is 18.6 Å². The molecule has 1 aliphatic heterocycles. The summed E-state index contributed by atoms with van der Waals surface area (Å²) in [6.07, 6.45) is 0.350. The second kappa shape index (κ2) is 9.02. The van der Waals surface area contributed by atoms with E-state index >= 15 is 0 Å². The van der Waals surface area contributed by atoms with Crippen molar-refractivity contribution >= 4 is 11.6 Å². The lowest BCUT2D eigenvalue weighted by Crippen LogP contribution is -2.24. The molecule has 3 aromatic carbocycles. The van der Waals surface area contributed by atoms with E-state index < -0.39 is 0 Å². The van der Waals surface area contributed by atoms with Crippen LogP contribution in [-0.2, 0) is 4.79 Å². The third-order valence-electron chi connectivity index (χ3n) is 6.13. The molecule has 1 atom stereocenters. The smallest absolute Gasteiger partial charge is 0.232 e. The van der Waals surface area contributed by atoms with Crippen molar-refractivity contribution in [3.63, 3.8) is 0 Å². The van der Waals surface area contributed by atoms with Gasteiger partial charge in [-0.15, -0.1) is 0 Å². The zero-order valence-electron chi connectivity index (χ0n) is 19.3. The number of hydrogen-bond donors (Lipinski definition) is 0. The van der Waals surface area contributed by atoms with Gasteiger partial charge in [0, 0.05) is 24.2 Å². The average molecular weight is 456 g/mol. The topological polar surface area (TPSA) is 77.7 Å². The largest absolute Gasteiger partial charge is 0.497 e. The summed E-state index contributed by atoms with van der Waals surface area (Å²) in [5, 5.41) is 4.14. The summed E-state index contributed by atoms with van der Waals surface area (Å²) in [5.74, 6) is 3.09. The maximum atomic E-state index is 12.7. The molecule has 0 bridgehead atoms. The molecule has 1 amide bonds. The molecule has 0 radical (unpaired) electrons. The van der Waals surface area contributed by atoms with Crippen molar-refractivity contribution in [1.82, 2.24) is 10.1 Å². The van der Waals surface area contributed by atoms with Crippen LogP contribution in [0.3, 0.4) is 0 Å². The number of hydrogen-bond acceptors (Lipinski definition) is 6. The number of nitrogens with zero attached hydrogens (tertiary/aromatic N) is 3. The molecule has 4 aromatic rings. The summed E-state index contributed by atoms with van der Waals surface area (Å²) in [6, 6.07) is 20.9. The van der Waals surface area contributed by atoms with Gasteiger partial charge < -0.3 is 18.9 Å². The Kier molecular flexibility index (Phi) is 5.76. The number of amides is 1. The SMILES string of the molecule is COc1ccc(Oc2ccc(-c3noc(C4CC(=O)N(c5ccc(C)c(C)c5)C4)n3)cc2)cc1. The van der Waals surface area contributed by atoms with Gasteiger partial charge in [-0.25, -0.2) is 0 Å². The second-order valence-corrected chi connectivity index (χ2v) is 8.43. The Labute approximate surface area is 197 Å². The van der Waals surface area contributed by atoms with Crippen LogP contribution in [0.15, 0.2) is 71.3 Å². The van der Waals surface area contributed by atoms with Gasteiger partial charge in [-0.05, 0) is 85.6 Å². The van der Waals surface area contributed by atoms with Crippen LogP contribution >= 0.6 is 0 Å². The van der Waals surface area contributed by atoms with Gasteiger partial charge in [-0.1, -0.05) is 11.2 Å². The number of aryl methyl sites for hydroxylation is 2. The molecule has 7 heteroatoms. The first-order chi connectivity index (χ1) is 16.5. The highest BCUT2D eigenvalue weighted by Gasteiger charge is 2.35. The predicted octanol–water partition coefficient (Wildman–Crippen LogP) is 5.67. The zero-order chi connectivity index (χ0) is 23.7. The van der Waals surface area contributed by atoms with E-state index in [1.54, 1.807) is 12.0 Å². The van der Waals surface area contributed by atoms with Gasteiger partial charge in [0.2, 0.25) is 17.6 Å². The Morgan fingerprint density at radius 1 is 0.912 bits per heavy atom. The van der Waals surface area contributed by atoms with Gasteiger partial charge in [-0.2, -0.15) is 4.98 Å². The fourth-order valence-electron chi connectivity index (χ4n) is 3.99. The zero-order valence-corrected chi connectivity index (χ0v) is 19.3. The summed E-state index contributed by atoms with van der Waals surface area (Å²) in [6.45, 7) is 4.64. The number of ether oxygens (including phenoxy) is 2. The van der Waals surface area contributed by atoms with E-state index in [2.05, 4.69) is 24.0 Å². The Balaban J connectivity index is 1.27. The second-order valence-electron chi connectivity index (χ2n) is 8.43. The first-order valence-corrected chi connectivity index (χ1v) is 11.1. The highest BCUT2D eigenvalue weighted by atomic mass is 16.5. The molecule has 2 heterocycles. The molecule has 1 aliphatic rings. The Morgan fingerprint density at radius 2 is 1.59 bits per heavy atom. The van der Waals surface area contributed by atoms with Crippen molar-refractivity contribution in [2.45, 2.75) is 26.2 Å². The van der Waals surface area contributed by atoms with Crippen LogP contribution in [0.5, 0.6) is 17.2 Å². The number of methoxy groups -OCH3 is 1. The van der Waals surface area contributed by atoms with Crippen molar-refractivity contribution in [3.05, 3.63) is 83.7 Å². The standard InChI is InChI=1S/C27H25N3O4/c1-17-4-7-21(14-18(17)2)30-16-20(15-25(30)31)27-28-26(29-34-27)19-5-8-23(9-6-19)33-24-12-10-22(32-3)11-13-24/h4-14,20H,15-16H2,1-3H3. The van der Waals surface area contributed by atoms with Crippen LogP contribution < -0.4 is 14.4 Å². The number of aromatic nitrogens is 2. The van der Waals surface area contributed by atoms with Crippen LogP contribution in [0, 0.1) is 13.8 Å². The molecule has 1 saturated heterocycles. The Hall–Kier alpha value is -4.13. The quantitative estimate of drug-likeness (QED) is 0.373. The molecule has 5 rings (SSSR count). The molecule has 172 valence electrons. The maximum absolute atomic E-state index is 12.7. The molecule has 0 aliphatic carbocycles. The van der Waals surface area contributed by atoms with Crippen molar-refractivity contribution < 1.29 is 18.8 Å². The third-order valence-corrected chi connectivity index (χ3v) is 6.13. The lowest BCUT2D eigenvalue weighted by Gasteiger charge is -2.17. The molecule has 1 aromatic heterocycles. The van der Waals surface area contributed by atoms with E-state index in [0.29, 0.717) is 30.4 Å². The van der Waals surface area contributed by atoms with Gasteiger partial charge in [0.15, 0.2) is 0 Å². The van der Waals surface area contributed by atoms with E-state index in [1.807, 2.05) is 66.7 Å². The van der Waals surface area contributed by atoms with Crippen molar-refractivity contribution in [2.24, 2.45) is 0 Å². The van der Waals surface area contributed by atoms with Crippen LogP contribution in [0.2, 0.25) is 0 Å². The highest BCUT2D eigenvalue weighted by molar-refractivity contribution is 5.96. The van der Waals surface area contributed by atoms with Gasteiger partial charge in [-0.3, -0.25) is 4.79 Å².